The molecule has 1 aromatic heterocycles. The molecule has 2 rings (SSSR count). The normalized spacial score (nSPS) is 11.2. The number of aromatic nitrogens is 2. The maximum Gasteiger partial charge on any atom is 0.247 e. The standard InChI is InChI=1S/C25H39N3O5/c1-4-5-6-7-8-9-14-26-23(29)19-31-16-15-30-17-18-32-22-12-10-21(11-13-22)25-28-27-24(33-25)20(2)3/h10-13,20H,4-9,14-19H2,1-3H3,(H,26,29). The van der Waals surface area contributed by atoms with Crippen molar-refractivity contribution in [3.8, 4) is 17.2 Å². The van der Waals surface area contributed by atoms with E-state index in [1.807, 2.05) is 38.1 Å². The van der Waals surface area contributed by atoms with Gasteiger partial charge >= 0.3 is 0 Å². The molecule has 184 valence electrons. The smallest absolute Gasteiger partial charge is 0.247 e. The number of carbonyl (C=O) groups excluding carboxylic acids is 1. The van der Waals surface area contributed by atoms with Crippen LogP contribution in [-0.2, 0) is 14.3 Å². The van der Waals surface area contributed by atoms with Gasteiger partial charge in [-0.15, -0.1) is 10.2 Å². The highest BCUT2D eigenvalue weighted by Gasteiger charge is 2.11. The van der Waals surface area contributed by atoms with Gasteiger partial charge in [-0.2, -0.15) is 0 Å². The molecule has 8 heteroatoms. The zero-order valence-electron chi connectivity index (χ0n) is 20.3. The molecule has 8 nitrogen and oxygen atoms in total. The highest BCUT2D eigenvalue weighted by Crippen LogP contribution is 2.23. The Morgan fingerprint density at radius 1 is 0.939 bits per heavy atom. The van der Waals surface area contributed by atoms with Crippen molar-refractivity contribution in [2.24, 2.45) is 0 Å². The van der Waals surface area contributed by atoms with Gasteiger partial charge in [0.25, 0.3) is 0 Å². The molecule has 0 radical (unpaired) electrons. The number of carbonyl (C=O) groups is 1. The van der Waals surface area contributed by atoms with Crippen LogP contribution in [0.15, 0.2) is 28.7 Å². The van der Waals surface area contributed by atoms with Gasteiger partial charge in [-0.3, -0.25) is 4.79 Å². The second-order valence-electron chi connectivity index (χ2n) is 8.26. The number of hydrogen-bond acceptors (Lipinski definition) is 7. The Kier molecular flexibility index (Phi) is 13.2. The zero-order valence-corrected chi connectivity index (χ0v) is 20.3. The fourth-order valence-electron chi connectivity index (χ4n) is 3.07. The van der Waals surface area contributed by atoms with E-state index < -0.39 is 0 Å². The van der Waals surface area contributed by atoms with Crippen LogP contribution in [-0.4, -0.2) is 55.7 Å². The minimum absolute atomic E-state index is 0.0702. The first-order valence-corrected chi connectivity index (χ1v) is 12.1. The third kappa shape index (κ3) is 11.3. The summed E-state index contributed by atoms with van der Waals surface area (Å²) in [5.74, 6) is 2.00. The molecule has 2 aromatic rings. The highest BCUT2D eigenvalue weighted by atomic mass is 16.5. The Bertz CT molecular complexity index is 777. The van der Waals surface area contributed by atoms with E-state index in [1.165, 1.54) is 32.1 Å². The quantitative estimate of drug-likeness (QED) is 0.320. The summed E-state index contributed by atoms with van der Waals surface area (Å²) in [5, 5.41) is 11.0. The monoisotopic (exact) mass is 461 g/mol. The average molecular weight is 462 g/mol. The lowest BCUT2D eigenvalue weighted by molar-refractivity contribution is -0.126. The number of hydrogen-bond donors (Lipinski definition) is 1. The van der Waals surface area contributed by atoms with Crippen molar-refractivity contribution < 1.29 is 23.4 Å². The van der Waals surface area contributed by atoms with Gasteiger partial charge in [-0.1, -0.05) is 52.9 Å². The number of nitrogens with one attached hydrogen (secondary N) is 1. The molecule has 0 aliphatic rings. The third-order valence-electron chi connectivity index (χ3n) is 4.99. The molecular weight excluding hydrogens is 422 g/mol. The van der Waals surface area contributed by atoms with E-state index in [4.69, 9.17) is 18.6 Å². The van der Waals surface area contributed by atoms with Crippen molar-refractivity contribution in [1.29, 1.82) is 0 Å². The van der Waals surface area contributed by atoms with Gasteiger partial charge in [0.05, 0.1) is 19.8 Å². The summed E-state index contributed by atoms with van der Waals surface area (Å²) in [6, 6.07) is 7.50. The zero-order chi connectivity index (χ0) is 23.7. The van der Waals surface area contributed by atoms with E-state index in [0.29, 0.717) is 38.2 Å². The topological polar surface area (TPSA) is 95.7 Å². The van der Waals surface area contributed by atoms with Crippen LogP contribution in [0.1, 0.15) is 71.1 Å². The predicted octanol–water partition coefficient (Wildman–Crippen LogP) is 4.75. The van der Waals surface area contributed by atoms with Crippen LogP contribution in [0.3, 0.4) is 0 Å². The van der Waals surface area contributed by atoms with Crippen molar-refractivity contribution in [2.45, 2.75) is 65.2 Å². The lowest BCUT2D eigenvalue weighted by Crippen LogP contribution is -2.29. The van der Waals surface area contributed by atoms with Crippen LogP contribution in [0.4, 0.5) is 0 Å². The molecule has 0 spiro atoms. The average Bonchev–Trinajstić information content (AvgIpc) is 3.31. The van der Waals surface area contributed by atoms with Gasteiger partial charge in [0.1, 0.15) is 19.0 Å². The van der Waals surface area contributed by atoms with Crippen LogP contribution >= 0.6 is 0 Å². The number of benzene rings is 1. The van der Waals surface area contributed by atoms with Gasteiger partial charge in [0.2, 0.25) is 17.7 Å². The Labute approximate surface area is 197 Å². The second kappa shape index (κ2) is 16.2. The molecular formula is C25H39N3O5. The lowest BCUT2D eigenvalue weighted by Gasteiger charge is -2.08. The molecule has 0 aliphatic carbocycles. The van der Waals surface area contributed by atoms with Crippen LogP contribution in [0.5, 0.6) is 5.75 Å². The number of nitrogens with zero attached hydrogens (tertiary/aromatic N) is 2. The summed E-state index contributed by atoms with van der Waals surface area (Å²) >= 11 is 0. The number of amides is 1. The summed E-state index contributed by atoms with van der Waals surface area (Å²) in [7, 11) is 0. The fraction of sp³-hybridized carbons (Fsp3) is 0.640. The van der Waals surface area contributed by atoms with Gasteiger partial charge < -0.3 is 23.9 Å². The van der Waals surface area contributed by atoms with Crippen LogP contribution in [0.2, 0.25) is 0 Å². The Morgan fingerprint density at radius 3 is 2.36 bits per heavy atom. The number of rotatable bonds is 18. The first-order valence-electron chi connectivity index (χ1n) is 12.1. The van der Waals surface area contributed by atoms with E-state index >= 15 is 0 Å². The lowest BCUT2D eigenvalue weighted by atomic mass is 10.1. The molecule has 1 N–H and O–H groups in total. The summed E-state index contributed by atoms with van der Waals surface area (Å²) in [6.45, 7) is 8.68. The third-order valence-corrected chi connectivity index (χ3v) is 4.99. The number of ether oxygens (including phenoxy) is 3. The molecule has 1 aromatic carbocycles. The first-order chi connectivity index (χ1) is 16.1. The van der Waals surface area contributed by atoms with E-state index in [1.54, 1.807) is 0 Å². The molecule has 0 aliphatic heterocycles. The van der Waals surface area contributed by atoms with Gasteiger partial charge in [-0.05, 0) is 30.7 Å². The molecule has 0 fully saturated rings. The summed E-state index contributed by atoms with van der Waals surface area (Å²) in [6.07, 6.45) is 7.26. The minimum atomic E-state index is -0.0729. The first kappa shape index (κ1) is 26.8. The summed E-state index contributed by atoms with van der Waals surface area (Å²) in [5.41, 5.74) is 0.853. The Hall–Kier alpha value is -2.45. The van der Waals surface area contributed by atoms with Crippen LogP contribution in [0.25, 0.3) is 11.5 Å². The van der Waals surface area contributed by atoms with E-state index in [0.717, 1.165) is 24.3 Å². The second-order valence-corrected chi connectivity index (χ2v) is 8.26. The highest BCUT2D eigenvalue weighted by molar-refractivity contribution is 5.77. The fourth-order valence-corrected chi connectivity index (χ4v) is 3.07. The molecule has 0 unspecified atom stereocenters. The van der Waals surface area contributed by atoms with Crippen molar-refractivity contribution in [2.75, 3.05) is 39.6 Å². The largest absolute Gasteiger partial charge is 0.491 e. The van der Waals surface area contributed by atoms with E-state index in [-0.39, 0.29) is 18.4 Å². The molecule has 33 heavy (non-hydrogen) atoms. The minimum Gasteiger partial charge on any atom is -0.491 e. The van der Waals surface area contributed by atoms with Gasteiger partial charge in [0.15, 0.2) is 0 Å². The molecule has 0 saturated heterocycles. The van der Waals surface area contributed by atoms with Crippen molar-refractivity contribution >= 4 is 5.91 Å². The van der Waals surface area contributed by atoms with Crippen LogP contribution < -0.4 is 10.1 Å². The van der Waals surface area contributed by atoms with Gasteiger partial charge in [0, 0.05) is 18.0 Å². The molecule has 0 atom stereocenters. The molecule has 0 bridgehead atoms. The molecule has 0 saturated carbocycles. The van der Waals surface area contributed by atoms with E-state index in [9.17, 15) is 4.79 Å². The van der Waals surface area contributed by atoms with Crippen molar-refractivity contribution in [3.63, 3.8) is 0 Å². The van der Waals surface area contributed by atoms with E-state index in [2.05, 4.69) is 22.4 Å². The van der Waals surface area contributed by atoms with Crippen LogP contribution in [0, 0.1) is 0 Å². The maximum absolute atomic E-state index is 11.7. The summed E-state index contributed by atoms with van der Waals surface area (Å²) < 4.78 is 22.2. The van der Waals surface area contributed by atoms with Crippen molar-refractivity contribution in [3.05, 3.63) is 30.2 Å². The summed E-state index contributed by atoms with van der Waals surface area (Å²) in [4.78, 5) is 11.7. The maximum atomic E-state index is 11.7. The SMILES string of the molecule is CCCCCCCCNC(=O)COCCOCCOc1ccc(-c2nnc(C(C)C)o2)cc1. The molecule has 1 heterocycles. The predicted molar refractivity (Wildman–Crippen MR) is 127 cm³/mol. The number of unbranched alkanes of at least 4 members (excludes halogenated alkanes) is 5. The Morgan fingerprint density at radius 2 is 1.64 bits per heavy atom. The molecule has 1 amide bonds. The van der Waals surface area contributed by atoms with Crippen molar-refractivity contribution in [1.82, 2.24) is 15.5 Å². The Balaban J connectivity index is 1.45. The van der Waals surface area contributed by atoms with Gasteiger partial charge in [-0.25, -0.2) is 0 Å².